The van der Waals surface area contributed by atoms with E-state index in [4.69, 9.17) is 0 Å². The van der Waals surface area contributed by atoms with Gasteiger partial charge in [-0.2, -0.15) is 4.39 Å². The maximum atomic E-state index is 14.6. The minimum atomic E-state index is -4.47. The number of hydrogen-bond acceptors (Lipinski definition) is 5. The van der Waals surface area contributed by atoms with Gasteiger partial charge >= 0.3 is 0 Å². The Bertz CT molecular complexity index is 969. The van der Waals surface area contributed by atoms with Crippen LogP contribution in [0.15, 0.2) is 35.2 Å². The summed E-state index contributed by atoms with van der Waals surface area (Å²) in [7, 11) is -0.575. The molecule has 0 amide bonds. The van der Waals surface area contributed by atoms with Crippen molar-refractivity contribution in [2.45, 2.75) is 11.3 Å². The molecule has 28 heavy (non-hydrogen) atoms. The highest BCUT2D eigenvalue weighted by Gasteiger charge is 2.29. The Kier molecular flexibility index (Phi) is 5.80. The molecule has 0 aliphatic carbocycles. The van der Waals surface area contributed by atoms with E-state index in [0.717, 1.165) is 25.1 Å². The van der Waals surface area contributed by atoms with Gasteiger partial charge in [-0.1, -0.05) is 6.07 Å². The standard InChI is InChI=1S/C18H21F3N4O2S/c1-24(2)10-12-8-9-25(11-12)13-6-7-14(18(21)17(13)20)28(26,27)23-16-5-3-4-15(19)22-16/h3-7,12H,8-11H2,1-2H3,(H,22,23). The highest BCUT2D eigenvalue weighted by atomic mass is 32.2. The second kappa shape index (κ2) is 7.96. The first-order valence-electron chi connectivity index (χ1n) is 8.70. The minimum absolute atomic E-state index is 0.0292. The summed E-state index contributed by atoms with van der Waals surface area (Å²) in [6, 6.07) is 5.75. The zero-order valence-corrected chi connectivity index (χ0v) is 16.3. The molecule has 1 aliphatic rings. The predicted octanol–water partition coefficient (Wildman–Crippen LogP) is 2.69. The molecular formula is C18H21F3N4O2S. The van der Waals surface area contributed by atoms with Crippen LogP contribution in [0.4, 0.5) is 24.7 Å². The first-order chi connectivity index (χ1) is 13.2. The first kappa shape index (κ1) is 20.4. The number of pyridine rings is 1. The number of sulfonamides is 1. The molecule has 2 aromatic rings. The Balaban J connectivity index is 1.84. The highest BCUT2D eigenvalue weighted by Crippen LogP contribution is 2.31. The van der Waals surface area contributed by atoms with E-state index in [0.29, 0.717) is 19.0 Å². The number of nitrogens with one attached hydrogen (secondary N) is 1. The molecule has 0 bridgehead atoms. The van der Waals surface area contributed by atoms with E-state index in [1.165, 1.54) is 18.2 Å². The number of anilines is 2. The van der Waals surface area contributed by atoms with Crippen LogP contribution in [0.3, 0.4) is 0 Å². The third-order valence-electron chi connectivity index (χ3n) is 4.52. The van der Waals surface area contributed by atoms with Gasteiger partial charge in [-0.15, -0.1) is 0 Å². The van der Waals surface area contributed by atoms with Crippen molar-refractivity contribution in [2.24, 2.45) is 5.92 Å². The summed E-state index contributed by atoms with van der Waals surface area (Å²) in [5, 5.41) is 0. The molecular weight excluding hydrogens is 393 g/mol. The number of hydrogen-bond donors (Lipinski definition) is 1. The van der Waals surface area contributed by atoms with Crippen molar-refractivity contribution in [2.75, 3.05) is 43.4 Å². The number of nitrogens with zero attached hydrogens (tertiary/aromatic N) is 3. The Labute approximate surface area is 162 Å². The Morgan fingerprint density at radius 1 is 1.18 bits per heavy atom. The summed E-state index contributed by atoms with van der Waals surface area (Å²) < 4.78 is 69.1. The van der Waals surface area contributed by atoms with E-state index >= 15 is 0 Å². The lowest BCUT2D eigenvalue weighted by Gasteiger charge is -2.21. The van der Waals surface area contributed by atoms with Crippen LogP contribution in [0.5, 0.6) is 0 Å². The van der Waals surface area contributed by atoms with Crippen LogP contribution in [0.2, 0.25) is 0 Å². The molecule has 10 heteroatoms. The van der Waals surface area contributed by atoms with Crippen LogP contribution in [-0.4, -0.2) is 52.0 Å². The van der Waals surface area contributed by atoms with Gasteiger partial charge in [-0.3, -0.25) is 4.72 Å². The second-order valence-electron chi connectivity index (χ2n) is 7.02. The minimum Gasteiger partial charge on any atom is -0.369 e. The van der Waals surface area contributed by atoms with Gasteiger partial charge < -0.3 is 9.80 Å². The summed E-state index contributed by atoms with van der Waals surface area (Å²) in [5.74, 6) is -3.60. The lowest BCUT2D eigenvalue weighted by molar-refractivity contribution is 0.340. The molecule has 1 unspecified atom stereocenters. The molecule has 0 radical (unpaired) electrons. The van der Waals surface area contributed by atoms with Gasteiger partial charge in [0.15, 0.2) is 11.6 Å². The zero-order chi connectivity index (χ0) is 20.5. The summed E-state index contributed by atoms with van der Waals surface area (Å²) in [6.45, 7) is 1.95. The van der Waals surface area contributed by atoms with Crippen LogP contribution < -0.4 is 9.62 Å². The van der Waals surface area contributed by atoms with Crippen molar-refractivity contribution in [3.05, 3.63) is 47.9 Å². The van der Waals surface area contributed by atoms with Crippen molar-refractivity contribution in [1.29, 1.82) is 0 Å². The fourth-order valence-corrected chi connectivity index (χ4v) is 4.42. The Morgan fingerprint density at radius 3 is 2.61 bits per heavy atom. The van der Waals surface area contributed by atoms with Crippen molar-refractivity contribution < 1.29 is 21.6 Å². The second-order valence-corrected chi connectivity index (χ2v) is 8.68. The summed E-state index contributed by atoms with van der Waals surface area (Å²) in [5.41, 5.74) is 0.0292. The fourth-order valence-electron chi connectivity index (χ4n) is 3.35. The van der Waals surface area contributed by atoms with Crippen LogP contribution in [-0.2, 0) is 10.0 Å². The number of rotatable bonds is 6. The third-order valence-corrected chi connectivity index (χ3v) is 5.89. The molecule has 1 fully saturated rings. The van der Waals surface area contributed by atoms with Gasteiger partial charge in [0.1, 0.15) is 10.7 Å². The van der Waals surface area contributed by atoms with Crippen LogP contribution in [0.1, 0.15) is 6.42 Å². The quantitative estimate of drug-likeness (QED) is 0.737. The zero-order valence-electron chi connectivity index (χ0n) is 15.5. The summed E-state index contributed by atoms with van der Waals surface area (Å²) >= 11 is 0. The van der Waals surface area contributed by atoms with Crippen LogP contribution >= 0.6 is 0 Å². The summed E-state index contributed by atoms with van der Waals surface area (Å²) in [6.07, 6.45) is 0.839. The first-order valence-corrected chi connectivity index (χ1v) is 10.2. The monoisotopic (exact) mass is 414 g/mol. The SMILES string of the molecule is CN(C)CC1CCN(c2ccc(S(=O)(=O)Nc3cccc(F)n3)c(F)c2F)C1. The van der Waals surface area contributed by atoms with Gasteiger partial charge in [-0.05, 0) is 50.7 Å². The van der Waals surface area contributed by atoms with E-state index in [1.54, 1.807) is 4.90 Å². The molecule has 1 aromatic carbocycles. The van der Waals surface area contributed by atoms with Crippen molar-refractivity contribution >= 4 is 21.5 Å². The smallest absolute Gasteiger partial charge is 0.266 e. The number of aromatic nitrogens is 1. The normalized spacial score (nSPS) is 17.4. The molecule has 1 aromatic heterocycles. The largest absolute Gasteiger partial charge is 0.369 e. The number of benzene rings is 1. The molecule has 3 rings (SSSR count). The van der Waals surface area contributed by atoms with Gasteiger partial charge in [0.05, 0.1) is 5.69 Å². The van der Waals surface area contributed by atoms with Crippen LogP contribution in [0.25, 0.3) is 0 Å². The maximum Gasteiger partial charge on any atom is 0.266 e. The lowest BCUT2D eigenvalue weighted by Crippen LogP contribution is -2.26. The molecule has 1 atom stereocenters. The highest BCUT2D eigenvalue weighted by molar-refractivity contribution is 7.92. The van der Waals surface area contributed by atoms with Gasteiger partial charge in [0.2, 0.25) is 5.95 Å². The van der Waals surface area contributed by atoms with Gasteiger partial charge in [0.25, 0.3) is 10.0 Å². The molecule has 2 heterocycles. The third kappa shape index (κ3) is 4.39. The average molecular weight is 414 g/mol. The Morgan fingerprint density at radius 2 is 1.93 bits per heavy atom. The maximum absolute atomic E-state index is 14.6. The lowest BCUT2D eigenvalue weighted by atomic mass is 10.1. The van der Waals surface area contributed by atoms with Gasteiger partial charge in [0, 0.05) is 19.6 Å². The predicted molar refractivity (Wildman–Crippen MR) is 100 cm³/mol. The Hall–Kier alpha value is -2.33. The van der Waals surface area contributed by atoms with E-state index in [1.807, 2.05) is 23.7 Å². The summed E-state index contributed by atoms with van der Waals surface area (Å²) in [4.78, 5) is 6.25. The average Bonchev–Trinajstić information content (AvgIpc) is 3.04. The van der Waals surface area contributed by atoms with E-state index in [2.05, 4.69) is 4.98 Å². The van der Waals surface area contributed by atoms with Crippen molar-refractivity contribution in [3.63, 3.8) is 0 Å². The van der Waals surface area contributed by atoms with Crippen LogP contribution in [0, 0.1) is 23.5 Å². The molecule has 1 N–H and O–H groups in total. The molecule has 0 saturated carbocycles. The molecule has 0 spiro atoms. The fraction of sp³-hybridized carbons (Fsp3) is 0.389. The van der Waals surface area contributed by atoms with Gasteiger partial charge in [-0.25, -0.2) is 22.2 Å². The number of halogens is 3. The van der Waals surface area contributed by atoms with E-state index < -0.39 is 32.5 Å². The van der Waals surface area contributed by atoms with E-state index in [-0.39, 0.29) is 11.5 Å². The van der Waals surface area contributed by atoms with Crippen molar-refractivity contribution in [1.82, 2.24) is 9.88 Å². The topological polar surface area (TPSA) is 65.5 Å². The molecule has 1 aliphatic heterocycles. The molecule has 1 saturated heterocycles. The van der Waals surface area contributed by atoms with Crippen molar-refractivity contribution in [3.8, 4) is 0 Å². The molecule has 152 valence electrons. The molecule has 6 nitrogen and oxygen atoms in total. The van der Waals surface area contributed by atoms with E-state index in [9.17, 15) is 21.6 Å².